The zero-order chi connectivity index (χ0) is 17.5. The molecule has 2 rings (SSSR count). The Morgan fingerprint density at radius 2 is 2.00 bits per heavy atom. The first-order valence-corrected chi connectivity index (χ1v) is 9.76. The van der Waals surface area contributed by atoms with Gasteiger partial charge in [-0.3, -0.25) is 14.9 Å². The van der Waals surface area contributed by atoms with E-state index in [0.717, 1.165) is 4.47 Å². The number of carbonyl (C=O) groups is 2. The number of hydrogen-bond donors (Lipinski definition) is 1. The van der Waals surface area contributed by atoms with Gasteiger partial charge < -0.3 is 4.74 Å². The highest BCUT2D eigenvalue weighted by Crippen LogP contribution is 2.31. The highest BCUT2D eigenvalue weighted by atomic mass is 79.9. The summed E-state index contributed by atoms with van der Waals surface area (Å²) >= 11 is 5.85. The summed E-state index contributed by atoms with van der Waals surface area (Å²) in [5.74, 6) is -0.520. The Bertz CT molecular complexity index is 706. The zero-order valence-corrected chi connectivity index (χ0v) is 16.3. The van der Waals surface area contributed by atoms with Gasteiger partial charge in [-0.15, -0.1) is 10.2 Å². The van der Waals surface area contributed by atoms with E-state index in [2.05, 4.69) is 31.4 Å². The molecule has 1 atom stereocenters. The Morgan fingerprint density at radius 1 is 1.29 bits per heavy atom. The number of esters is 1. The standard InChI is InChI=1S/C15H16BrN3O3S2/c1-3-11(13(21)22-4-2)23-15-19-18-14(24-15)17-12(20)9-5-7-10(16)8-6-9/h5-8,11H,3-4H2,1-2H3,(H,17,18,20)/t11-/m0/s1. The lowest BCUT2D eigenvalue weighted by Crippen LogP contribution is -2.19. The molecule has 0 saturated heterocycles. The fourth-order valence-corrected chi connectivity index (χ4v) is 3.91. The minimum atomic E-state index is -0.326. The van der Waals surface area contributed by atoms with Crippen LogP contribution in [0.3, 0.4) is 0 Å². The zero-order valence-electron chi connectivity index (χ0n) is 13.1. The first-order chi connectivity index (χ1) is 11.5. The van der Waals surface area contributed by atoms with Gasteiger partial charge in [0, 0.05) is 10.0 Å². The Hall–Kier alpha value is -1.45. The molecule has 0 fully saturated rings. The topological polar surface area (TPSA) is 81.2 Å². The number of nitrogens with one attached hydrogen (secondary N) is 1. The first kappa shape index (κ1) is 18.9. The molecule has 0 spiro atoms. The van der Waals surface area contributed by atoms with E-state index < -0.39 is 0 Å². The molecular formula is C15H16BrN3O3S2. The quantitative estimate of drug-likeness (QED) is 0.407. The number of benzene rings is 1. The molecule has 24 heavy (non-hydrogen) atoms. The lowest BCUT2D eigenvalue weighted by molar-refractivity contribution is -0.142. The van der Waals surface area contributed by atoms with Gasteiger partial charge in [0.25, 0.3) is 5.91 Å². The third kappa shape index (κ3) is 5.29. The third-order valence-electron chi connectivity index (χ3n) is 2.90. The molecule has 1 N–H and O–H groups in total. The van der Waals surface area contributed by atoms with Crippen molar-refractivity contribution in [1.82, 2.24) is 10.2 Å². The maximum Gasteiger partial charge on any atom is 0.319 e. The number of amides is 1. The van der Waals surface area contributed by atoms with Crippen molar-refractivity contribution in [2.24, 2.45) is 0 Å². The summed E-state index contributed by atoms with van der Waals surface area (Å²) in [6.45, 7) is 4.03. The summed E-state index contributed by atoms with van der Waals surface area (Å²) < 4.78 is 6.54. The molecule has 9 heteroatoms. The highest BCUT2D eigenvalue weighted by molar-refractivity contribution is 9.10. The van der Waals surface area contributed by atoms with Crippen LogP contribution < -0.4 is 5.32 Å². The van der Waals surface area contributed by atoms with E-state index in [1.807, 2.05) is 6.92 Å². The number of hydrogen-bond acceptors (Lipinski definition) is 7. The number of nitrogens with zero attached hydrogens (tertiary/aromatic N) is 2. The number of halogens is 1. The van der Waals surface area contributed by atoms with E-state index >= 15 is 0 Å². The molecule has 0 aliphatic rings. The van der Waals surface area contributed by atoms with Crippen LogP contribution in [0.4, 0.5) is 5.13 Å². The van der Waals surface area contributed by atoms with Crippen LogP contribution in [0.1, 0.15) is 30.6 Å². The molecule has 128 valence electrons. The largest absolute Gasteiger partial charge is 0.465 e. The molecule has 0 aliphatic carbocycles. The van der Waals surface area contributed by atoms with Crippen LogP contribution in [0.2, 0.25) is 0 Å². The molecule has 1 aromatic heterocycles. The van der Waals surface area contributed by atoms with Crippen LogP contribution in [-0.4, -0.2) is 33.9 Å². The number of ether oxygens (including phenoxy) is 1. The van der Waals surface area contributed by atoms with E-state index in [-0.39, 0.29) is 17.1 Å². The van der Waals surface area contributed by atoms with E-state index in [1.54, 1.807) is 31.2 Å². The van der Waals surface area contributed by atoms with Gasteiger partial charge in [-0.05, 0) is 37.6 Å². The minimum absolute atomic E-state index is 0.257. The van der Waals surface area contributed by atoms with Gasteiger partial charge in [-0.1, -0.05) is 46.0 Å². The van der Waals surface area contributed by atoms with Crippen molar-refractivity contribution < 1.29 is 14.3 Å². The Morgan fingerprint density at radius 3 is 2.62 bits per heavy atom. The van der Waals surface area contributed by atoms with Gasteiger partial charge >= 0.3 is 5.97 Å². The summed E-state index contributed by atoms with van der Waals surface area (Å²) in [6.07, 6.45) is 0.629. The smallest absolute Gasteiger partial charge is 0.319 e. The molecule has 1 aromatic carbocycles. The molecule has 1 heterocycles. The Kier molecular flexibility index (Phi) is 7.19. The van der Waals surface area contributed by atoms with Gasteiger partial charge in [0.1, 0.15) is 5.25 Å². The number of thioether (sulfide) groups is 1. The fraction of sp³-hybridized carbons (Fsp3) is 0.333. The molecular weight excluding hydrogens is 414 g/mol. The van der Waals surface area contributed by atoms with Crippen molar-refractivity contribution in [2.45, 2.75) is 29.9 Å². The molecule has 6 nitrogen and oxygen atoms in total. The number of rotatable bonds is 7. The van der Waals surface area contributed by atoms with E-state index in [1.165, 1.54) is 23.1 Å². The van der Waals surface area contributed by atoms with Crippen molar-refractivity contribution in [3.8, 4) is 0 Å². The van der Waals surface area contributed by atoms with E-state index in [0.29, 0.717) is 28.1 Å². The Labute approximate surface area is 156 Å². The van der Waals surface area contributed by atoms with Crippen molar-refractivity contribution >= 4 is 56.0 Å². The average Bonchev–Trinajstić information content (AvgIpc) is 3.00. The van der Waals surface area contributed by atoms with Crippen molar-refractivity contribution in [3.05, 3.63) is 34.3 Å². The summed E-state index contributed by atoms with van der Waals surface area (Å²) in [5.41, 5.74) is 0.528. The van der Waals surface area contributed by atoms with Crippen molar-refractivity contribution in [2.75, 3.05) is 11.9 Å². The summed E-state index contributed by atoms with van der Waals surface area (Å²) in [6, 6.07) is 7.01. The molecule has 0 saturated carbocycles. The summed E-state index contributed by atoms with van der Waals surface area (Å²) in [5, 5.41) is 10.7. The molecule has 2 aromatic rings. The number of anilines is 1. The van der Waals surface area contributed by atoms with Gasteiger partial charge in [-0.25, -0.2) is 0 Å². The molecule has 0 unspecified atom stereocenters. The average molecular weight is 430 g/mol. The molecule has 0 bridgehead atoms. The summed E-state index contributed by atoms with van der Waals surface area (Å²) in [4.78, 5) is 24.0. The monoisotopic (exact) mass is 429 g/mol. The van der Waals surface area contributed by atoms with Crippen LogP contribution >= 0.6 is 39.0 Å². The fourth-order valence-electron chi connectivity index (χ4n) is 1.73. The first-order valence-electron chi connectivity index (χ1n) is 7.27. The lowest BCUT2D eigenvalue weighted by atomic mass is 10.2. The summed E-state index contributed by atoms with van der Waals surface area (Å²) in [7, 11) is 0. The van der Waals surface area contributed by atoms with E-state index in [9.17, 15) is 9.59 Å². The van der Waals surface area contributed by atoms with Crippen LogP contribution in [0.25, 0.3) is 0 Å². The second kappa shape index (κ2) is 9.14. The molecule has 1 amide bonds. The second-order valence-electron chi connectivity index (χ2n) is 4.60. The normalized spacial score (nSPS) is 11.8. The van der Waals surface area contributed by atoms with Gasteiger partial charge in [-0.2, -0.15) is 0 Å². The molecule has 0 aliphatic heterocycles. The second-order valence-corrected chi connectivity index (χ2v) is 7.94. The van der Waals surface area contributed by atoms with Crippen LogP contribution in [0, 0.1) is 0 Å². The van der Waals surface area contributed by atoms with Crippen LogP contribution in [0.5, 0.6) is 0 Å². The Balaban J connectivity index is 1.98. The number of carbonyl (C=O) groups excluding carboxylic acids is 2. The highest BCUT2D eigenvalue weighted by Gasteiger charge is 2.21. The van der Waals surface area contributed by atoms with Crippen molar-refractivity contribution in [3.63, 3.8) is 0 Å². The predicted molar refractivity (Wildman–Crippen MR) is 98.6 cm³/mol. The number of aromatic nitrogens is 2. The van der Waals surface area contributed by atoms with Crippen LogP contribution in [-0.2, 0) is 9.53 Å². The minimum Gasteiger partial charge on any atom is -0.465 e. The maximum atomic E-state index is 12.1. The third-order valence-corrected chi connectivity index (χ3v) is 5.69. The van der Waals surface area contributed by atoms with Crippen LogP contribution in [0.15, 0.2) is 33.1 Å². The maximum absolute atomic E-state index is 12.1. The SMILES string of the molecule is CCOC(=O)[C@H](CC)Sc1nnc(NC(=O)c2ccc(Br)cc2)s1. The van der Waals surface area contributed by atoms with Gasteiger partial charge in [0.2, 0.25) is 5.13 Å². The van der Waals surface area contributed by atoms with E-state index in [4.69, 9.17) is 4.74 Å². The van der Waals surface area contributed by atoms with Crippen molar-refractivity contribution in [1.29, 1.82) is 0 Å². The van der Waals surface area contributed by atoms with Gasteiger partial charge in [0.15, 0.2) is 4.34 Å². The predicted octanol–water partition coefficient (Wildman–Crippen LogP) is 3.99. The van der Waals surface area contributed by atoms with Gasteiger partial charge in [0.05, 0.1) is 6.61 Å². The lowest BCUT2D eigenvalue weighted by Gasteiger charge is -2.10. The molecule has 0 radical (unpaired) electrons.